The Balaban J connectivity index is 1.76. The minimum Gasteiger partial charge on any atom is -0.371 e. The molecule has 6 nitrogen and oxygen atoms in total. The minimum atomic E-state index is -0.241. The van der Waals surface area contributed by atoms with Gasteiger partial charge in [0, 0.05) is 31.3 Å². The van der Waals surface area contributed by atoms with Gasteiger partial charge in [-0.15, -0.1) is 0 Å². The number of aromatic nitrogens is 1. The summed E-state index contributed by atoms with van der Waals surface area (Å²) in [6.45, 7) is 3.19. The molecular formula is C15H20N4O2. The predicted molar refractivity (Wildman–Crippen MR) is 81.8 cm³/mol. The SMILES string of the molecule is O=C(NCC1=CCNCC1)c1cc(=O)[nH]c2c1CCCN2. The molecule has 0 atom stereocenters. The summed E-state index contributed by atoms with van der Waals surface area (Å²) in [7, 11) is 0. The molecule has 0 saturated heterocycles. The van der Waals surface area contributed by atoms with Crippen molar-refractivity contribution < 1.29 is 4.79 Å². The van der Waals surface area contributed by atoms with E-state index in [1.807, 2.05) is 0 Å². The molecule has 6 heteroatoms. The van der Waals surface area contributed by atoms with Crippen LogP contribution in [0.4, 0.5) is 5.82 Å². The number of nitrogens with one attached hydrogen (secondary N) is 4. The van der Waals surface area contributed by atoms with E-state index in [2.05, 4.69) is 27.0 Å². The van der Waals surface area contributed by atoms with Crippen molar-refractivity contribution in [2.75, 3.05) is 31.5 Å². The van der Waals surface area contributed by atoms with Gasteiger partial charge in [-0.2, -0.15) is 0 Å². The number of pyridine rings is 1. The zero-order chi connectivity index (χ0) is 14.7. The summed E-state index contributed by atoms with van der Waals surface area (Å²) in [6.07, 6.45) is 4.85. The lowest BCUT2D eigenvalue weighted by Gasteiger charge is -2.20. The van der Waals surface area contributed by atoms with Crippen molar-refractivity contribution in [1.29, 1.82) is 0 Å². The highest BCUT2D eigenvalue weighted by Crippen LogP contribution is 2.21. The molecule has 0 fully saturated rings. The number of anilines is 1. The highest BCUT2D eigenvalue weighted by Gasteiger charge is 2.19. The first-order valence-corrected chi connectivity index (χ1v) is 7.41. The lowest BCUT2D eigenvalue weighted by Crippen LogP contribution is -2.32. The maximum absolute atomic E-state index is 12.4. The average Bonchev–Trinajstić information content (AvgIpc) is 2.52. The molecule has 112 valence electrons. The first-order chi connectivity index (χ1) is 10.2. The second-order valence-corrected chi connectivity index (χ2v) is 5.43. The summed E-state index contributed by atoms with van der Waals surface area (Å²) < 4.78 is 0. The van der Waals surface area contributed by atoms with E-state index in [0.717, 1.165) is 44.5 Å². The van der Waals surface area contributed by atoms with Crippen molar-refractivity contribution in [2.45, 2.75) is 19.3 Å². The number of amides is 1. The van der Waals surface area contributed by atoms with E-state index in [-0.39, 0.29) is 11.5 Å². The molecule has 1 aromatic rings. The first-order valence-electron chi connectivity index (χ1n) is 7.41. The first kappa shape index (κ1) is 13.9. The van der Waals surface area contributed by atoms with Crippen LogP contribution in [0.2, 0.25) is 0 Å². The Labute approximate surface area is 123 Å². The van der Waals surface area contributed by atoms with Gasteiger partial charge in [0.1, 0.15) is 5.82 Å². The average molecular weight is 288 g/mol. The van der Waals surface area contributed by atoms with Crippen LogP contribution in [0.1, 0.15) is 28.8 Å². The number of carbonyl (C=O) groups is 1. The Morgan fingerprint density at radius 3 is 3.00 bits per heavy atom. The number of hydrogen-bond donors (Lipinski definition) is 4. The molecule has 1 aromatic heterocycles. The lowest BCUT2D eigenvalue weighted by molar-refractivity contribution is 0.0955. The van der Waals surface area contributed by atoms with Gasteiger partial charge in [0.2, 0.25) is 5.56 Å². The molecule has 0 spiro atoms. The highest BCUT2D eigenvalue weighted by molar-refractivity contribution is 5.97. The van der Waals surface area contributed by atoms with E-state index in [1.54, 1.807) is 0 Å². The molecule has 2 aliphatic heterocycles. The van der Waals surface area contributed by atoms with Crippen LogP contribution in [0, 0.1) is 0 Å². The van der Waals surface area contributed by atoms with Crippen molar-refractivity contribution in [1.82, 2.24) is 15.6 Å². The maximum Gasteiger partial charge on any atom is 0.252 e. The van der Waals surface area contributed by atoms with Crippen molar-refractivity contribution in [2.24, 2.45) is 0 Å². The van der Waals surface area contributed by atoms with Gasteiger partial charge in [0.15, 0.2) is 0 Å². The summed E-state index contributed by atoms with van der Waals surface area (Å²) in [5.41, 5.74) is 2.40. The van der Waals surface area contributed by atoms with E-state index in [0.29, 0.717) is 17.9 Å². The third kappa shape index (κ3) is 3.16. The summed E-state index contributed by atoms with van der Waals surface area (Å²) in [5, 5.41) is 9.32. The molecule has 0 aromatic carbocycles. The highest BCUT2D eigenvalue weighted by atomic mass is 16.2. The molecule has 21 heavy (non-hydrogen) atoms. The van der Waals surface area contributed by atoms with Crippen LogP contribution < -0.4 is 21.5 Å². The topological polar surface area (TPSA) is 86.0 Å². The van der Waals surface area contributed by atoms with Gasteiger partial charge in [-0.05, 0) is 25.8 Å². The molecule has 1 amide bonds. The fourth-order valence-corrected chi connectivity index (χ4v) is 2.80. The monoisotopic (exact) mass is 288 g/mol. The second-order valence-electron chi connectivity index (χ2n) is 5.43. The van der Waals surface area contributed by atoms with Crippen LogP contribution in [0.15, 0.2) is 22.5 Å². The molecule has 0 saturated carbocycles. The van der Waals surface area contributed by atoms with Gasteiger partial charge < -0.3 is 20.9 Å². The van der Waals surface area contributed by atoms with Crippen molar-refractivity contribution in [3.05, 3.63) is 39.2 Å². The van der Waals surface area contributed by atoms with Crippen LogP contribution in [0.25, 0.3) is 0 Å². The number of hydrogen-bond acceptors (Lipinski definition) is 4. The Bertz CT molecular complexity index is 633. The number of fused-ring (bicyclic) bond motifs is 1. The standard InChI is InChI=1S/C15H20N4O2/c20-13-8-12(11-2-1-5-17-14(11)19-13)15(21)18-9-10-3-6-16-7-4-10/h3,8,16H,1-2,4-7,9H2,(H,18,21)(H2,17,19,20). The largest absolute Gasteiger partial charge is 0.371 e. The molecule has 4 N–H and O–H groups in total. The summed E-state index contributed by atoms with van der Waals surface area (Å²) in [4.78, 5) is 26.8. The quantitative estimate of drug-likeness (QED) is 0.606. The van der Waals surface area contributed by atoms with Crippen molar-refractivity contribution in [3.8, 4) is 0 Å². The van der Waals surface area contributed by atoms with E-state index in [9.17, 15) is 9.59 Å². The smallest absolute Gasteiger partial charge is 0.252 e. The van der Waals surface area contributed by atoms with Gasteiger partial charge in [-0.3, -0.25) is 9.59 Å². The molecule has 0 bridgehead atoms. The van der Waals surface area contributed by atoms with Gasteiger partial charge in [0.05, 0.1) is 5.56 Å². The van der Waals surface area contributed by atoms with E-state index in [1.165, 1.54) is 11.6 Å². The molecule has 0 aliphatic carbocycles. The molecule has 3 rings (SSSR count). The predicted octanol–water partition coefficient (Wildman–Crippen LogP) is 0.382. The third-order valence-corrected chi connectivity index (χ3v) is 3.93. The van der Waals surface area contributed by atoms with Crippen LogP contribution >= 0.6 is 0 Å². The van der Waals surface area contributed by atoms with E-state index >= 15 is 0 Å². The molecular weight excluding hydrogens is 268 g/mol. The zero-order valence-corrected chi connectivity index (χ0v) is 11.9. The Morgan fingerprint density at radius 1 is 1.29 bits per heavy atom. The number of carbonyl (C=O) groups excluding carboxylic acids is 1. The maximum atomic E-state index is 12.4. The summed E-state index contributed by atoms with van der Waals surface area (Å²) in [5.74, 6) is 0.528. The number of aromatic amines is 1. The second kappa shape index (κ2) is 6.13. The van der Waals surface area contributed by atoms with Crippen LogP contribution in [0.5, 0.6) is 0 Å². The van der Waals surface area contributed by atoms with E-state index in [4.69, 9.17) is 0 Å². The lowest BCUT2D eigenvalue weighted by atomic mass is 10.0. The fourth-order valence-electron chi connectivity index (χ4n) is 2.80. The number of rotatable bonds is 3. The third-order valence-electron chi connectivity index (χ3n) is 3.93. The van der Waals surface area contributed by atoms with Crippen molar-refractivity contribution in [3.63, 3.8) is 0 Å². The normalized spacial score (nSPS) is 17.4. The van der Waals surface area contributed by atoms with Gasteiger partial charge in [-0.1, -0.05) is 11.6 Å². The van der Waals surface area contributed by atoms with Gasteiger partial charge >= 0.3 is 0 Å². The van der Waals surface area contributed by atoms with Crippen LogP contribution in [0.3, 0.4) is 0 Å². The minimum absolute atomic E-state index is 0.166. The van der Waals surface area contributed by atoms with E-state index < -0.39 is 0 Å². The van der Waals surface area contributed by atoms with Crippen LogP contribution in [-0.2, 0) is 6.42 Å². The molecule has 0 radical (unpaired) electrons. The molecule has 0 unspecified atom stereocenters. The summed E-state index contributed by atoms with van der Waals surface area (Å²) >= 11 is 0. The molecule has 2 aliphatic rings. The van der Waals surface area contributed by atoms with Gasteiger partial charge in [-0.25, -0.2) is 0 Å². The Hall–Kier alpha value is -2.08. The summed E-state index contributed by atoms with van der Waals surface area (Å²) in [6, 6.07) is 1.40. The Kier molecular flexibility index (Phi) is 4.06. The van der Waals surface area contributed by atoms with Crippen molar-refractivity contribution >= 4 is 11.7 Å². The number of H-pyrrole nitrogens is 1. The molecule has 3 heterocycles. The fraction of sp³-hybridized carbons (Fsp3) is 0.467. The zero-order valence-electron chi connectivity index (χ0n) is 11.9. The van der Waals surface area contributed by atoms with Crippen LogP contribution in [-0.4, -0.2) is 37.1 Å². The van der Waals surface area contributed by atoms with Gasteiger partial charge in [0.25, 0.3) is 5.91 Å². The Morgan fingerprint density at radius 2 is 2.19 bits per heavy atom.